The highest BCUT2D eigenvalue weighted by Gasteiger charge is 2.34. The number of phenolic OH excluding ortho intramolecular Hbond substituents is 1. The highest BCUT2D eigenvalue weighted by atomic mass is 16.6. The van der Waals surface area contributed by atoms with Gasteiger partial charge in [-0.05, 0) is 48.9 Å². The first kappa shape index (κ1) is 29.2. The van der Waals surface area contributed by atoms with Gasteiger partial charge >= 0.3 is 5.91 Å². The van der Waals surface area contributed by atoms with Crippen LogP contribution in [-0.4, -0.2) is 76.7 Å². The average molecular weight is 539 g/mol. The number of phenols is 1. The molecule has 1 fully saturated rings. The number of amides is 3. The Balaban J connectivity index is 1.69. The lowest BCUT2D eigenvalue weighted by molar-refractivity contribution is -0.401. The van der Waals surface area contributed by atoms with E-state index in [1.54, 1.807) is 17.0 Å². The molecule has 0 bridgehead atoms. The molecule has 3 rings (SSSR count). The van der Waals surface area contributed by atoms with Gasteiger partial charge in [-0.15, -0.1) is 0 Å². The molecule has 0 aromatic heterocycles. The van der Waals surface area contributed by atoms with E-state index in [0.717, 1.165) is 24.0 Å². The number of carbonyl (C=O) groups excluding carboxylic acids is 3. The fraction of sp³-hybridized carbons (Fsp3) is 0.407. The number of amidine groups is 1. The van der Waals surface area contributed by atoms with E-state index in [-0.39, 0.29) is 24.6 Å². The highest BCUT2D eigenvalue weighted by molar-refractivity contribution is 5.94. The number of carbonyl (C=O) groups is 3. The number of hydrogen-bond acceptors (Lipinski definition) is 8. The maximum absolute atomic E-state index is 13.8. The summed E-state index contributed by atoms with van der Waals surface area (Å²) >= 11 is 0. The molecule has 1 saturated heterocycles. The van der Waals surface area contributed by atoms with Crippen molar-refractivity contribution >= 4 is 23.6 Å². The van der Waals surface area contributed by atoms with E-state index in [4.69, 9.17) is 5.73 Å². The lowest BCUT2D eigenvalue weighted by Crippen LogP contribution is -2.58. The molecule has 12 heteroatoms. The van der Waals surface area contributed by atoms with Gasteiger partial charge in [-0.2, -0.15) is 0 Å². The van der Waals surface area contributed by atoms with Gasteiger partial charge in [0.2, 0.25) is 11.8 Å². The summed E-state index contributed by atoms with van der Waals surface area (Å²) in [6.45, 7) is -0.0617. The minimum atomic E-state index is -1.25. The zero-order valence-corrected chi connectivity index (χ0v) is 21.6. The lowest BCUT2D eigenvalue weighted by Gasteiger charge is -2.37. The number of aliphatic imine (C=N–C) groups is 1. The van der Waals surface area contributed by atoms with E-state index in [0.29, 0.717) is 31.8 Å². The number of nitro groups is 1. The Morgan fingerprint density at radius 3 is 2.49 bits per heavy atom. The molecule has 0 radical (unpaired) electrons. The molecule has 2 atom stereocenters. The van der Waals surface area contributed by atoms with Crippen LogP contribution in [0.2, 0.25) is 0 Å². The number of rotatable bonds is 12. The molecule has 0 aliphatic carbocycles. The fourth-order valence-corrected chi connectivity index (χ4v) is 4.43. The molecule has 5 N–H and O–H groups in total. The predicted octanol–water partition coefficient (Wildman–Crippen LogP) is 0.793. The molecular formula is C27H34N6O6. The number of nitrogens with two attached hydrogens (primary N) is 1. The zero-order valence-electron chi connectivity index (χ0n) is 21.6. The Morgan fingerprint density at radius 2 is 1.79 bits per heavy atom. The van der Waals surface area contributed by atoms with Crippen LogP contribution in [0.3, 0.4) is 0 Å². The number of nitrogens with zero attached hydrogens (tertiary/aromatic N) is 3. The van der Waals surface area contributed by atoms with Crippen molar-refractivity contribution in [1.82, 2.24) is 15.5 Å². The largest absolute Gasteiger partial charge is 0.508 e. The molecule has 0 unspecified atom stereocenters. The second-order valence-electron chi connectivity index (χ2n) is 9.33. The number of hydrogen-bond donors (Lipinski definition) is 4. The number of aromatic hydroxyl groups is 1. The van der Waals surface area contributed by atoms with Crippen LogP contribution in [0.5, 0.6) is 5.75 Å². The molecule has 2 aromatic rings. The van der Waals surface area contributed by atoms with Gasteiger partial charge in [-0.3, -0.25) is 30.0 Å². The van der Waals surface area contributed by atoms with Crippen LogP contribution in [0.4, 0.5) is 0 Å². The van der Waals surface area contributed by atoms with Crippen molar-refractivity contribution in [3.05, 3.63) is 75.8 Å². The molecule has 3 amide bonds. The SMILES string of the molecule is NC(=NCCc1ccc(O)cc1)[C@@H]1CCCCN1C(=O)[C@H](Cc1ccccc1)NC(=O)CNCC(=O)[N+](=O)[O-]. The van der Waals surface area contributed by atoms with Crippen LogP contribution < -0.4 is 16.4 Å². The van der Waals surface area contributed by atoms with Gasteiger partial charge in [0.1, 0.15) is 29.1 Å². The summed E-state index contributed by atoms with van der Waals surface area (Å²) < 4.78 is 0. The van der Waals surface area contributed by atoms with Crippen molar-refractivity contribution in [2.75, 3.05) is 26.2 Å². The first-order chi connectivity index (χ1) is 18.7. The summed E-state index contributed by atoms with van der Waals surface area (Å²) in [5.74, 6) is -1.57. The summed E-state index contributed by atoms with van der Waals surface area (Å²) in [5, 5.41) is 25.1. The van der Waals surface area contributed by atoms with Crippen molar-refractivity contribution in [3.63, 3.8) is 0 Å². The Labute approximate surface area is 226 Å². The third-order valence-electron chi connectivity index (χ3n) is 6.44. The molecule has 1 aliphatic heterocycles. The van der Waals surface area contributed by atoms with Crippen LogP contribution in [0.15, 0.2) is 59.6 Å². The summed E-state index contributed by atoms with van der Waals surface area (Å²) in [4.78, 5) is 53.2. The summed E-state index contributed by atoms with van der Waals surface area (Å²) in [6.07, 6.45) is 3.18. The summed E-state index contributed by atoms with van der Waals surface area (Å²) in [5.41, 5.74) is 8.21. The van der Waals surface area contributed by atoms with Crippen molar-refractivity contribution in [2.45, 2.75) is 44.2 Å². The van der Waals surface area contributed by atoms with Gasteiger partial charge in [0, 0.05) is 19.5 Å². The van der Waals surface area contributed by atoms with Crippen LogP contribution in [0, 0.1) is 10.1 Å². The third-order valence-corrected chi connectivity index (χ3v) is 6.44. The Bertz CT molecular complexity index is 1170. The molecule has 208 valence electrons. The van der Waals surface area contributed by atoms with Crippen molar-refractivity contribution in [3.8, 4) is 5.75 Å². The first-order valence-corrected chi connectivity index (χ1v) is 12.8. The van der Waals surface area contributed by atoms with Crippen LogP contribution in [0.25, 0.3) is 0 Å². The van der Waals surface area contributed by atoms with Gasteiger partial charge in [0.25, 0.3) is 0 Å². The normalized spacial score (nSPS) is 16.4. The average Bonchev–Trinajstić information content (AvgIpc) is 2.93. The van der Waals surface area contributed by atoms with E-state index >= 15 is 0 Å². The Hall–Kier alpha value is -4.32. The molecule has 1 heterocycles. The molecule has 12 nitrogen and oxygen atoms in total. The van der Waals surface area contributed by atoms with Crippen molar-refractivity contribution < 1.29 is 24.4 Å². The smallest absolute Gasteiger partial charge is 0.458 e. The minimum Gasteiger partial charge on any atom is -0.508 e. The molecule has 1 aliphatic rings. The highest BCUT2D eigenvalue weighted by Crippen LogP contribution is 2.20. The number of piperidine rings is 1. The van der Waals surface area contributed by atoms with Gasteiger partial charge in [0.05, 0.1) is 12.6 Å². The Morgan fingerprint density at radius 1 is 1.08 bits per heavy atom. The van der Waals surface area contributed by atoms with E-state index in [1.807, 2.05) is 42.5 Å². The van der Waals surface area contributed by atoms with E-state index in [2.05, 4.69) is 15.6 Å². The van der Waals surface area contributed by atoms with Crippen molar-refractivity contribution in [2.24, 2.45) is 10.7 Å². The zero-order chi connectivity index (χ0) is 28.2. The quantitative estimate of drug-likeness (QED) is 0.132. The summed E-state index contributed by atoms with van der Waals surface area (Å²) in [7, 11) is 0. The van der Waals surface area contributed by atoms with Gasteiger partial charge < -0.3 is 21.1 Å². The van der Waals surface area contributed by atoms with E-state index in [9.17, 15) is 29.6 Å². The molecule has 2 aromatic carbocycles. The second kappa shape index (κ2) is 14.6. The van der Waals surface area contributed by atoms with Crippen LogP contribution in [-0.2, 0) is 27.2 Å². The number of nitrogens with one attached hydrogen (secondary N) is 2. The standard InChI is InChI=1S/C27H34N6O6/c28-26(30-14-13-19-9-11-21(34)12-10-19)23-8-4-5-15-32(23)27(37)22(16-20-6-2-1-3-7-20)31-24(35)17-29-18-25(36)33(38)39/h1-3,6-7,9-12,22-23,29,34H,4-5,8,13-18H2,(H2,28,30)(H,31,35)/t22-,23-/m0/s1. The fourth-order valence-electron chi connectivity index (χ4n) is 4.43. The molecular weight excluding hydrogens is 504 g/mol. The maximum Gasteiger partial charge on any atom is 0.458 e. The van der Waals surface area contributed by atoms with E-state index < -0.39 is 35.4 Å². The topological polar surface area (TPSA) is 180 Å². The second-order valence-corrected chi connectivity index (χ2v) is 9.33. The molecule has 39 heavy (non-hydrogen) atoms. The predicted molar refractivity (Wildman–Crippen MR) is 145 cm³/mol. The van der Waals surface area contributed by atoms with Crippen LogP contribution >= 0.6 is 0 Å². The number of benzene rings is 2. The molecule has 0 saturated carbocycles. The van der Waals surface area contributed by atoms with Crippen LogP contribution in [0.1, 0.15) is 30.4 Å². The van der Waals surface area contributed by atoms with E-state index in [1.165, 1.54) is 0 Å². The van der Waals surface area contributed by atoms with Gasteiger partial charge in [0.15, 0.2) is 0 Å². The lowest BCUT2D eigenvalue weighted by atomic mass is 9.98. The van der Waals surface area contributed by atoms with Crippen molar-refractivity contribution in [1.29, 1.82) is 0 Å². The maximum atomic E-state index is 13.8. The third kappa shape index (κ3) is 9.18. The first-order valence-electron chi connectivity index (χ1n) is 12.8. The van der Waals surface area contributed by atoms with Gasteiger partial charge in [-0.1, -0.05) is 42.5 Å². The monoisotopic (exact) mass is 538 g/mol. The minimum absolute atomic E-state index is 0.191. The molecule has 0 spiro atoms. The number of likely N-dealkylation sites (tertiary alicyclic amines) is 1. The Kier molecular flexibility index (Phi) is 10.9. The van der Waals surface area contributed by atoms with Gasteiger partial charge in [-0.25, -0.2) is 4.79 Å². The summed E-state index contributed by atoms with van der Waals surface area (Å²) in [6, 6.07) is 14.8.